The standard InChI is InChI=1S/C28H42N2O2S/c1-27(2,3)23-17-22(18-24(25(23)31)28(4,5)6)20-30(19-21-13-10-9-11-14-21)26(33-8)29-15-12-16-32-7/h9-11,13-14,17-18,31H,12,15-16,19-20H2,1-8H3. The Hall–Kier alpha value is -1.98. The first-order valence-corrected chi connectivity index (χ1v) is 12.9. The highest BCUT2D eigenvalue weighted by Gasteiger charge is 2.27. The fraction of sp³-hybridized carbons (Fsp3) is 0.536. The van der Waals surface area contributed by atoms with Gasteiger partial charge in [0.25, 0.3) is 0 Å². The molecule has 0 spiro atoms. The van der Waals surface area contributed by atoms with Gasteiger partial charge in [-0.25, -0.2) is 0 Å². The minimum Gasteiger partial charge on any atom is -0.507 e. The maximum Gasteiger partial charge on any atom is 0.159 e. The number of ether oxygens (including phenoxy) is 1. The molecular formula is C28H42N2O2S. The molecule has 2 aromatic carbocycles. The lowest BCUT2D eigenvalue weighted by atomic mass is 9.78. The van der Waals surface area contributed by atoms with Gasteiger partial charge in [0.2, 0.25) is 0 Å². The Bertz CT molecular complexity index is 877. The van der Waals surface area contributed by atoms with Gasteiger partial charge in [-0.05, 0) is 57.9 Å². The van der Waals surface area contributed by atoms with Crippen LogP contribution in [0.2, 0.25) is 0 Å². The summed E-state index contributed by atoms with van der Waals surface area (Å²) in [5, 5.41) is 12.1. The SMILES string of the molecule is COCCCN=C(SC)N(Cc1ccccc1)Cc1cc(C(C)(C)C)c(O)c(C(C)(C)C)c1. The molecule has 0 saturated heterocycles. The maximum absolute atomic E-state index is 11.1. The van der Waals surface area contributed by atoms with E-state index in [1.165, 1.54) is 11.1 Å². The quantitative estimate of drug-likeness (QED) is 0.263. The summed E-state index contributed by atoms with van der Waals surface area (Å²) in [5.74, 6) is 0.423. The Morgan fingerprint density at radius 1 is 0.939 bits per heavy atom. The molecular weight excluding hydrogens is 428 g/mol. The average molecular weight is 471 g/mol. The van der Waals surface area contributed by atoms with Crippen LogP contribution >= 0.6 is 11.8 Å². The predicted octanol–water partition coefficient (Wildman–Crippen LogP) is 6.74. The zero-order valence-electron chi connectivity index (χ0n) is 21.7. The predicted molar refractivity (Wildman–Crippen MR) is 144 cm³/mol. The first-order valence-electron chi connectivity index (χ1n) is 11.7. The van der Waals surface area contributed by atoms with E-state index in [0.29, 0.717) is 12.4 Å². The molecule has 4 nitrogen and oxygen atoms in total. The van der Waals surface area contributed by atoms with E-state index in [1.54, 1.807) is 18.9 Å². The summed E-state index contributed by atoms with van der Waals surface area (Å²) in [6, 6.07) is 14.9. The van der Waals surface area contributed by atoms with E-state index in [1.807, 2.05) is 6.07 Å². The van der Waals surface area contributed by atoms with Crippen molar-refractivity contribution in [3.05, 3.63) is 64.7 Å². The van der Waals surface area contributed by atoms with Crippen LogP contribution in [0.3, 0.4) is 0 Å². The monoisotopic (exact) mass is 470 g/mol. The van der Waals surface area contributed by atoms with Gasteiger partial charge >= 0.3 is 0 Å². The Kier molecular flexibility index (Phi) is 9.86. The van der Waals surface area contributed by atoms with Crippen LogP contribution < -0.4 is 0 Å². The van der Waals surface area contributed by atoms with Crippen LogP contribution in [0.4, 0.5) is 0 Å². The zero-order chi connectivity index (χ0) is 24.6. The van der Waals surface area contributed by atoms with Crippen molar-refractivity contribution >= 4 is 16.9 Å². The zero-order valence-corrected chi connectivity index (χ0v) is 22.6. The molecule has 0 amide bonds. The number of benzene rings is 2. The molecule has 0 aliphatic heterocycles. The minimum absolute atomic E-state index is 0.152. The number of methoxy groups -OCH3 is 1. The van der Waals surface area contributed by atoms with E-state index in [0.717, 1.165) is 42.3 Å². The Balaban J connectivity index is 2.49. The van der Waals surface area contributed by atoms with Crippen LogP contribution in [0.5, 0.6) is 5.75 Å². The number of phenolic OH excluding ortho intramolecular Hbond substituents is 1. The number of hydrogen-bond donors (Lipinski definition) is 1. The Morgan fingerprint density at radius 2 is 1.48 bits per heavy atom. The molecule has 2 aromatic rings. The number of nitrogens with zero attached hydrogens (tertiary/aromatic N) is 2. The Labute approximate surface area is 205 Å². The normalized spacial score (nSPS) is 12.8. The number of rotatable bonds is 8. The number of aliphatic imine (C=N–C) groups is 1. The highest BCUT2D eigenvalue weighted by molar-refractivity contribution is 8.13. The second-order valence-electron chi connectivity index (χ2n) is 10.6. The number of amidine groups is 1. The van der Waals surface area contributed by atoms with Gasteiger partial charge in [-0.3, -0.25) is 4.99 Å². The summed E-state index contributed by atoms with van der Waals surface area (Å²) in [4.78, 5) is 7.25. The molecule has 0 heterocycles. The maximum atomic E-state index is 11.1. The van der Waals surface area contributed by atoms with Crippen LogP contribution in [-0.2, 0) is 28.7 Å². The lowest BCUT2D eigenvalue weighted by molar-refractivity contribution is 0.197. The van der Waals surface area contributed by atoms with Crippen molar-refractivity contribution in [2.45, 2.75) is 71.9 Å². The van der Waals surface area contributed by atoms with Gasteiger partial charge in [0, 0.05) is 33.4 Å². The molecule has 0 bridgehead atoms. The molecule has 0 aromatic heterocycles. The largest absolute Gasteiger partial charge is 0.507 e. The van der Waals surface area contributed by atoms with E-state index in [2.05, 4.69) is 89.1 Å². The highest BCUT2D eigenvalue weighted by Crippen LogP contribution is 2.40. The number of thioether (sulfide) groups is 1. The van der Waals surface area contributed by atoms with Crippen LogP contribution in [0.25, 0.3) is 0 Å². The summed E-state index contributed by atoms with van der Waals surface area (Å²) < 4.78 is 5.20. The highest BCUT2D eigenvalue weighted by atomic mass is 32.2. The van der Waals surface area contributed by atoms with Gasteiger partial charge in [0.1, 0.15) is 5.75 Å². The third-order valence-corrected chi connectivity index (χ3v) is 6.33. The third-order valence-electron chi connectivity index (χ3n) is 5.58. The summed E-state index contributed by atoms with van der Waals surface area (Å²) in [7, 11) is 1.73. The van der Waals surface area contributed by atoms with Crippen molar-refractivity contribution in [1.29, 1.82) is 0 Å². The fourth-order valence-electron chi connectivity index (χ4n) is 3.82. The molecule has 0 aliphatic carbocycles. The third kappa shape index (κ3) is 8.08. The van der Waals surface area contributed by atoms with E-state index < -0.39 is 0 Å². The molecule has 0 unspecified atom stereocenters. The molecule has 0 radical (unpaired) electrons. The fourth-order valence-corrected chi connectivity index (χ4v) is 4.43. The number of phenols is 1. The van der Waals surface area contributed by atoms with Gasteiger partial charge < -0.3 is 14.7 Å². The Morgan fingerprint density at radius 3 is 1.97 bits per heavy atom. The molecule has 0 fully saturated rings. The summed E-state index contributed by atoms with van der Waals surface area (Å²) in [6.07, 6.45) is 2.99. The molecule has 33 heavy (non-hydrogen) atoms. The molecule has 2 rings (SSSR count). The second kappa shape index (κ2) is 11.9. The van der Waals surface area contributed by atoms with E-state index >= 15 is 0 Å². The van der Waals surface area contributed by atoms with E-state index in [-0.39, 0.29) is 10.8 Å². The first-order chi connectivity index (χ1) is 15.5. The number of aromatic hydroxyl groups is 1. The average Bonchev–Trinajstić information content (AvgIpc) is 2.73. The second-order valence-corrected chi connectivity index (χ2v) is 11.4. The number of hydrogen-bond acceptors (Lipinski definition) is 4. The van der Waals surface area contributed by atoms with Crippen molar-refractivity contribution in [3.63, 3.8) is 0 Å². The van der Waals surface area contributed by atoms with Crippen LogP contribution in [0, 0.1) is 0 Å². The molecule has 5 heteroatoms. The van der Waals surface area contributed by atoms with Gasteiger partial charge in [-0.1, -0.05) is 83.6 Å². The van der Waals surface area contributed by atoms with Crippen molar-refractivity contribution in [2.24, 2.45) is 4.99 Å². The van der Waals surface area contributed by atoms with Gasteiger partial charge in [-0.2, -0.15) is 0 Å². The van der Waals surface area contributed by atoms with Crippen molar-refractivity contribution in [3.8, 4) is 5.75 Å². The molecule has 1 N–H and O–H groups in total. The van der Waals surface area contributed by atoms with Gasteiger partial charge in [0.05, 0.1) is 0 Å². The molecule has 0 aliphatic rings. The summed E-state index contributed by atoms with van der Waals surface area (Å²) in [5.41, 5.74) is 4.13. The molecule has 0 atom stereocenters. The van der Waals surface area contributed by atoms with Crippen LogP contribution in [0.1, 0.15) is 70.2 Å². The molecule has 0 saturated carbocycles. The first kappa shape index (κ1) is 27.3. The van der Waals surface area contributed by atoms with E-state index in [9.17, 15) is 5.11 Å². The summed E-state index contributed by atoms with van der Waals surface area (Å²) >= 11 is 1.68. The van der Waals surface area contributed by atoms with E-state index in [4.69, 9.17) is 9.73 Å². The van der Waals surface area contributed by atoms with Gasteiger partial charge in [-0.15, -0.1) is 0 Å². The molecule has 182 valence electrons. The van der Waals surface area contributed by atoms with Crippen molar-refractivity contribution in [1.82, 2.24) is 4.90 Å². The van der Waals surface area contributed by atoms with Gasteiger partial charge in [0.15, 0.2) is 5.17 Å². The lowest BCUT2D eigenvalue weighted by Gasteiger charge is -2.30. The van der Waals surface area contributed by atoms with Crippen molar-refractivity contribution < 1.29 is 9.84 Å². The van der Waals surface area contributed by atoms with Crippen LogP contribution in [0.15, 0.2) is 47.5 Å². The smallest absolute Gasteiger partial charge is 0.159 e. The van der Waals surface area contributed by atoms with Crippen molar-refractivity contribution in [2.75, 3.05) is 26.5 Å². The van der Waals surface area contributed by atoms with Crippen LogP contribution in [-0.4, -0.2) is 41.7 Å². The summed E-state index contributed by atoms with van der Waals surface area (Å²) in [6.45, 7) is 15.9. The topological polar surface area (TPSA) is 45.1 Å². The lowest BCUT2D eigenvalue weighted by Crippen LogP contribution is -2.29. The minimum atomic E-state index is -0.152.